The summed E-state index contributed by atoms with van der Waals surface area (Å²) < 4.78 is 15.6. The molecule has 3 heterocycles. The molecule has 0 fully saturated rings. The van der Waals surface area contributed by atoms with Gasteiger partial charge >= 0.3 is 0 Å². The summed E-state index contributed by atoms with van der Waals surface area (Å²) >= 11 is 0. The molecule has 4 N–H and O–H groups in total. The third kappa shape index (κ3) is 5.49. The number of imidazole rings is 1. The quantitative estimate of drug-likeness (QED) is 0.295. The molecule has 2 amide bonds. The highest BCUT2D eigenvalue weighted by atomic mass is 19.1. The van der Waals surface area contributed by atoms with Crippen LogP contribution in [0.3, 0.4) is 0 Å². The predicted octanol–water partition coefficient (Wildman–Crippen LogP) is 4.98. The van der Waals surface area contributed by atoms with Crippen LogP contribution in [0.25, 0.3) is 28.2 Å². The first-order valence-corrected chi connectivity index (χ1v) is 11.4. The van der Waals surface area contributed by atoms with E-state index in [-0.39, 0.29) is 31.5 Å². The first kappa shape index (κ1) is 26.0. The van der Waals surface area contributed by atoms with Gasteiger partial charge in [-0.15, -0.1) is 0 Å². The number of amides is 2. The number of benzene rings is 2. The lowest BCUT2D eigenvalue weighted by molar-refractivity contribution is -0.116. The minimum absolute atomic E-state index is 0. The third-order valence-corrected chi connectivity index (χ3v) is 5.59. The zero-order valence-corrected chi connectivity index (χ0v) is 19.8. The van der Waals surface area contributed by atoms with Gasteiger partial charge in [-0.05, 0) is 54.1 Å². The Morgan fingerprint density at radius 3 is 2.32 bits per heavy atom. The van der Waals surface area contributed by atoms with Crippen molar-refractivity contribution in [3.63, 3.8) is 0 Å². The second-order valence-corrected chi connectivity index (χ2v) is 8.35. The zero-order valence-electron chi connectivity index (χ0n) is 19.8. The van der Waals surface area contributed by atoms with Crippen LogP contribution in [0, 0.1) is 5.82 Å². The maximum atomic E-state index is 13.9. The Bertz CT molecular complexity index is 1610. The fraction of sp³-hybridized carbons (Fsp3) is 0.107. The van der Waals surface area contributed by atoms with Gasteiger partial charge in [-0.2, -0.15) is 0 Å². The summed E-state index contributed by atoms with van der Waals surface area (Å²) in [5, 5.41) is 5.53. The Labute approximate surface area is 218 Å². The van der Waals surface area contributed by atoms with E-state index in [1.54, 1.807) is 47.2 Å². The van der Waals surface area contributed by atoms with Crippen LogP contribution in [0.15, 0.2) is 79.1 Å². The number of nitrogens with one attached hydrogen (secondary N) is 2. The maximum Gasteiger partial charge on any atom is 0.228 e. The Balaban J connectivity index is 0.00000336. The van der Waals surface area contributed by atoms with Crippen molar-refractivity contribution in [2.24, 2.45) is 0 Å². The van der Waals surface area contributed by atoms with Gasteiger partial charge < -0.3 is 16.4 Å². The Morgan fingerprint density at radius 2 is 1.66 bits per heavy atom. The van der Waals surface area contributed by atoms with E-state index in [0.29, 0.717) is 33.9 Å². The Kier molecular flexibility index (Phi) is 7.43. The fourth-order valence-corrected chi connectivity index (χ4v) is 3.97. The number of nitrogen functional groups attached to an aromatic ring is 1. The standard InChI is InChI=1S/C27H22FN7O2.CH4/c1-16(36)32-19-6-8-20(9-7-19)33-24(37)13-17-4-10-21(11-5-17)35-26(22-3-2-12-30-25(22)29)34-23-14-18(28)15-31-27(23)35;/h2-12,14-15H,13H2,1H3,(H2,29,30)(H,32,36)(H,33,37);1H4. The van der Waals surface area contributed by atoms with E-state index < -0.39 is 5.82 Å². The van der Waals surface area contributed by atoms with Crippen molar-refractivity contribution in [3.05, 3.63) is 90.5 Å². The lowest BCUT2D eigenvalue weighted by atomic mass is 10.1. The van der Waals surface area contributed by atoms with E-state index in [2.05, 4.69) is 25.6 Å². The summed E-state index contributed by atoms with van der Waals surface area (Å²) in [7, 11) is 0. The van der Waals surface area contributed by atoms with E-state index in [1.807, 2.05) is 24.3 Å². The second kappa shape index (κ2) is 10.9. The van der Waals surface area contributed by atoms with E-state index in [9.17, 15) is 14.0 Å². The van der Waals surface area contributed by atoms with Crippen molar-refractivity contribution in [1.82, 2.24) is 19.5 Å². The molecule has 0 spiro atoms. The van der Waals surface area contributed by atoms with Gasteiger partial charge in [0.1, 0.15) is 17.2 Å². The Morgan fingerprint density at radius 1 is 0.974 bits per heavy atom. The number of rotatable bonds is 6. The second-order valence-electron chi connectivity index (χ2n) is 8.35. The summed E-state index contributed by atoms with van der Waals surface area (Å²) in [4.78, 5) is 36.7. The highest BCUT2D eigenvalue weighted by Crippen LogP contribution is 2.30. The number of carbonyl (C=O) groups is 2. The molecule has 0 radical (unpaired) electrons. The van der Waals surface area contributed by atoms with Gasteiger partial charge in [0.2, 0.25) is 11.8 Å². The molecular formula is C28H26FN7O2. The minimum atomic E-state index is -0.492. The van der Waals surface area contributed by atoms with Crippen molar-refractivity contribution in [2.45, 2.75) is 20.8 Å². The van der Waals surface area contributed by atoms with Crippen molar-refractivity contribution in [2.75, 3.05) is 16.4 Å². The first-order chi connectivity index (χ1) is 17.9. The molecular weight excluding hydrogens is 485 g/mol. The summed E-state index contributed by atoms with van der Waals surface area (Å²) in [6, 6.07) is 19.1. The number of pyridine rings is 2. The van der Waals surface area contributed by atoms with Crippen LogP contribution in [0.2, 0.25) is 0 Å². The molecule has 0 aliphatic carbocycles. The molecule has 38 heavy (non-hydrogen) atoms. The molecule has 3 aromatic heterocycles. The van der Waals surface area contributed by atoms with Crippen LogP contribution in [0.4, 0.5) is 21.6 Å². The van der Waals surface area contributed by atoms with Crippen molar-refractivity contribution < 1.29 is 14.0 Å². The maximum absolute atomic E-state index is 13.9. The molecule has 0 aliphatic heterocycles. The SMILES string of the molecule is C.CC(=O)Nc1ccc(NC(=O)Cc2ccc(-n3c(-c4cccnc4N)nc4cc(F)cnc43)cc2)cc1. The van der Waals surface area contributed by atoms with Crippen LogP contribution in [0.5, 0.6) is 0 Å². The average Bonchev–Trinajstić information content (AvgIpc) is 3.24. The normalized spacial score (nSPS) is 10.6. The van der Waals surface area contributed by atoms with E-state index >= 15 is 0 Å². The molecule has 9 nitrogen and oxygen atoms in total. The van der Waals surface area contributed by atoms with Gasteiger partial charge in [0.05, 0.1) is 18.2 Å². The van der Waals surface area contributed by atoms with E-state index in [0.717, 1.165) is 17.4 Å². The predicted molar refractivity (Wildman–Crippen MR) is 146 cm³/mol. The number of nitrogens with two attached hydrogens (primary N) is 1. The number of aromatic nitrogens is 4. The van der Waals surface area contributed by atoms with Crippen LogP contribution in [-0.4, -0.2) is 31.3 Å². The minimum Gasteiger partial charge on any atom is -0.383 e. The van der Waals surface area contributed by atoms with Gasteiger partial charge in [0.25, 0.3) is 0 Å². The van der Waals surface area contributed by atoms with Crippen LogP contribution in [0.1, 0.15) is 19.9 Å². The van der Waals surface area contributed by atoms with E-state index in [4.69, 9.17) is 5.73 Å². The van der Waals surface area contributed by atoms with Gasteiger partial charge in [-0.1, -0.05) is 19.6 Å². The summed E-state index contributed by atoms with van der Waals surface area (Å²) in [5.41, 5.74) is 10.3. The summed E-state index contributed by atoms with van der Waals surface area (Å²) in [6.07, 6.45) is 2.88. The molecule has 5 rings (SSSR count). The lowest BCUT2D eigenvalue weighted by Gasteiger charge is -2.11. The number of nitrogens with zero attached hydrogens (tertiary/aromatic N) is 4. The largest absolute Gasteiger partial charge is 0.383 e. The molecule has 5 aromatic rings. The monoisotopic (exact) mass is 511 g/mol. The van der Waals surface area contributed by atoms with Gasteiger partial charge in [0, 0.05) is 36.2 Å². The van der Waals surface area contributed by atoms with Crippen LogP contribution >= 0.6 is 0 Å². The summed E-state index contributed by atoms with van der Waals surface area (Å²) in [6.45, 7) is 1.43. The zero-order chi connectivity index (χ0) is 25.9. The third-order valence-electron chi connectivity index (χ3n) is 5.59. The van der Waals surface area contributed by atoms with Gasteiger partial charge in [-0.3, -0.25) is 14.2 Å². The fourth-order valence-electron chi connectivity index (χ4n) is 3.97. The number of carbonyl (C=O) groups excluding carboxylic acids is 2. The number of hydrogen-bond acceptors (Lipinski definition) is 6. The van der Waals surface area contributed by atoms with Gasteiger partial charge in [0.15, 0.2) is 11.5 Å². The number of fused-ring (bicyclic) bond motifs is 1. The molecule has 2 aromatic carbocycles. The molecule has 0 aliphatic rings. The lowest BCUT2D eigenvalue weighted by Crippen LogP contribution is -2.14. The number of hydrogen-bond donors (Lipinski definition) is 3. The van der Waals surface area contributed by atoms with Gasteiger partial charge in [-0.25, -0.2) is 19.3 Å². The van der Waals surface area contributed by atoms with Crippen molar-refractivity contribution >= 4 is 40.2 Å². The molecule has 10 heteroatoms. The van der Waals surface area contributed by atoms with Crippen LogP contribution < -0.4 is 16.4 Å². The number of halogens is 1. The Hall–Kier alpha value is -5.12. The molecule has 0 saturated carbocycles. The number of anilines is 3. The highest BCUT2D eigenvalue weighted by Gasteiger charge is 2.18. The molecule has 0 atom stereocenters. The molecule has 0 unspecified atom stereocenters. The molecule has 0 saturated heterocycles. The highest BCUT2D eigenvalue weighted by molar-refractivity contribution is 5.93. The van der Waals surface area contributed by atoms with E-state index in [1.165, 1.54) is 13.0 Å². The molecule has 0 bridgehead atoms. The topological polar surface area (TPSA) is 128 Å². The first-order valence-electron chi connectivity index (χ1n) is 11.4. The van der Waals surface area contributed by atoms with Crippen molar-refractivity contribution in [3.8, 4) is 17.1 Å². The summed E-state index contributed by atoms with van der Waals surface area (Å²) in [5.74, 6) is -0.0734. The van der Waals surface area contributed by atoms with Crippen molar-refractivity contribution in [1.29, 1.82) is 0 Å². The van der Waals surface area contributed by atoms with Crippen LogP contribution in [-0.2, 0) is 16.0 Å². The smallest absolute Gasteiger partial charge is 0.228 e. The average molecular weight is 512 g/mol. The molecule has 192 valence electrons.